The van der Waals surface area contributed by atoms with E-state index in [-0.39, 0.29) is 4.75 Å². The molecule has 0 bridgehead atoms. The number of sulfonamides is 1. The average molecular weight is 317 g/mol. The summed E-state index contributed by atoms with van der Waals surface area (Å²) in [4.78, 5) is 3.33. The zero-order chi connectivity index (χ0) is 14.6. The van der Waals surface area contributed by atoms with Gasteiger partial charge in [-0.25, -0.2) is 13.1 Å². The summed E-state index contributed by atoms with van der Waals surface area (Å²) < 4.78 is 27.3. The number of nitrogens with one attached hydrogen (secondary N) is 3. The Hall–Kier alpha value is -0.500. The van der Waals surface area contributed by atoms with Gasteiger partial charge < -0.3 is 10.3 Å². The van der Waals surface area contributed by atoms with E-state index in [1.807, 2.05) is 6.26 Å². The Morgan fingerprint density at radius 2 is 2.20 bits per heavy atom. The molecule has 20 heavy (non-hydrogen) atoms. The first-order chi connectivity index (χ1) is 9.51. The molecule has 0 atom stereocenters. The predicted octanol–water partition coefficient (Wildman–Crippen LogP) is 1.69. The fourth-order valence-electron chi connectivity index (χ4n) is 1.98. The van der Waals surface area contributed by atoms with E-state index in [0.717, 1.165) is 31.5 Å². The van der Waals surface area contributed by atoms with Crippen molar-refractivity contribution in [3.8, 4) is 0 Å². The zero-order valence-electron chi connectivity index (χ0n) is 12.0. The van der Waals surface area contributed by atoms with E-state index in [4.69, 9.17) is 0 Å². The highest BCUT2D eigenvalue weighted by Crippen LogP contribution is 2.46. The van der Waals surface area contributed by atoms with Crippen molar-refractivity contribution in [2.75, 3.05) is 19.3 Å². The molecule has 0 saturated heterocycles. The normalized spacial score (nSPS) is 17.3. The van der Waals surface area contributed by atoms with Gasteiger partial charge in [0.25, 0.3) is 0 Å². The molecule has 1 aromatic rings. The lowest BCUT2D eigenvalue weighted by Gasteiger charge is -2.12. The minimum Gasteiger partial charge on any atom is -0.363 e. The Bertz CT molecular complexity index is 536. The largest absolute Gasteiger partial charge is 0.363 e. The molecule has 2 rings (SSSR count). The van der Waals surface area contributed by atoms with Crippen molar-refractivity contribution in [2.45, 2.75) is 42.4 Å². The lowest BCUT2D eigenvalue weighted by molar-refractivity contribution is 0.580. The van der Waals surface area contributed by atoms with Crippen LogP contribution in [0.5, 0.6) is 0 Å². The van der Waals surface area contributed by atoms with Crippen LogP contribution in [0, 0.1) is 0 Å². The second kappa shape index (κ2) is 6.51. The number of hydrogen-bond donors (Lipinski definition) is 3. The van der Waals surface area contributed by atoms with Gasteiger partial charge in [0.1, 0.15) is 0 Å². The van der Waals surface area contributed by atoms with Crippen LogP contribution < -0.4 is 10.0 Å². The van der Waals surface area contributed by atoms with Gasteiger partial charge in [0.05, 0.1) is 4.90 Å². The summed E-state index contributed by atoms with van der Waals surface area (Å²) in [5.41, 5.74) is 0.893. The number of hydrogen-bond acceptors (Lipinski definition) is 4. The molecule has 0 spiro atoms. The lowest BCUT2D eigenvalue weighted by atomic mass is 10.4. The van der Waals surface area contributed by atoms with E-state index >= 15 is 0 Å². The molecule has 0 unspecified atom stereocenters. The van der Waals surface area contributed by atoms with Gasteiger partial charge in [0.2, 0.25) is 10.0 Å². The summed E-state index contributed by atoms with van der Waals surface area (Å²) in [7, 11) is -3.40. The molecular weight excluding hydrogens is 294 g/mol. The van der Waals surface area contributed by atoms with Gasteiger partial charge in [0, 0.05) is 29.7 Å². The molecule has 0 amide bonds. The number of thioether (sulfide) groups is 1. The molecule has 7 heteroatoms. The lowest BCUT2D eigenvalue weighted by Crippen LogP contribution is -2.31. The molecule has 0 radical (unpaired) electrons. The maximum Gasteiger partial charge on any atom is 0.242 e. The van der Waals surface area contributed by atoms with E-state index in [1.54, 1.807) is 24.0 Å². The Balaban J connectivity index is 1.92. The average Bonchev–Trinajstić information content (AvgIpc) is 3.06. The first kappa shape index (κ1) is 15.9. The molecule has 0 aromatic carbocycles. The smallest absolute Gasteiger partial charge is 0.242 e. The quantitative estimate of drug-likeness (QED) is 0.606. The Morgan fingerprint density at radius 1 is 1.45 bits per heavy atom. The Kier molecular flexibility index (Phi) is 5.17. The Morgan fingerprint density at radius 3 is 2.80 bits per heavy atom. The minimum atomic E-state index is -3.40. The van der Waals surface area contributed by atoms with E-state index in [0.29, 0.717) is 18.0 Å². The van der Waals surface area contributed by atoms with Crippen LogP contribution >= 0.6 is 11.8 Å². The van der Waals surface area contributed by atoms with Crippen LogP contribution in [0.3, 0.4) is 0 Å². The molecule has 0 aliphatic heterocycles. The van der Waals surface area contributed by atoms with Gasteiger partial charge >= 0.3 is 0 Å². The third-order valence-corrected chi connectivity index (χ3v) is 6.39. The van der Waals surface area contributed by atoms with Crippen LogP contribution in [0.15, 0.2) is 17.2 Å². The highest BCUT2D eigenvalue weighted by atomic mass is 32.2. The number of H-pyrrole nitrogens is 1. The number of aromatic nitrogens is 1. The molecule has 1 fully saturated rings. The molecule has 1 saturated carbocycles. The Labute approximate surface area is 125 Å². The number of rotatable bonds is 9. The summed E-state index contributed by atoms with van der Waals surface area (Å²) in [5.74, 6) is 0. The third kappa shape index (κ3) is 4.00. The van der Waals surface area contributed by atoms with Crippen molar-refractivity contribution in [1.29, 1.82) is 0 Å². The van der Waals surface area contributed by atoms with E-state index < -0.39 is 10.0 Å². The summed E-state index contributed by atoms with van der Waals surface area (Å²) in [6.07, 6.45) is 6.84. The van der Waals surface area contributed by atoms with E-state index in [9.17, 15) is 8.42 Å². The molecule has 1 aliphatic rings. The fraction of sp³-hybridized carbons (Fsp3) is 0.692. The summed E-state index contributed by atoms with van der Waals surface area (Å²) in [6, 6.07) is 1.70. The van der Waals surface area contributed by atoms with Crippen LogP contribution in [-0.2, 0) is 16.6 Å². The third-order valence-electron chi connectivity index (χ3n) is 3.59. The molecular formula is C13H23N3O2S2. The summed E-state index contributed by atoms with van der Waals surface area (Å²) in [5, 5.41) is 3.24. The van der Waals surface area contributed by atoms with Crippen molar-refractivity contribution in [1.82, 2.24) is 15.0 Å². The van der Waals surface area contributed by atoms with Crippen LogP contribution in [0.1, 0.15) is 31.9 Å². The maximum atomic E-state index is 12.2. The van der Waals surface area contributed by atoms with Crippen molar-refractivity contribution in [2.24, 2.45) is 0 Å². The van der Waals surface area contributed by atoms with Crippen LogP contribution in [0.2, 0.25) is 0 Å². The van der Waals surface area contributed by atoms with E-state index in [1.165, 1.54) is 0 Å². The first-order valence-corrected chi connectivity index (χ1v) is 9.65. The second-order valence-corrected chi connectivity index (χ2v) is 8.29. The first-order valence-electron chi connectivity index (χ1n) is 6.94. The summed E-state index contributed by atoms with van der Waals surface area (Å²) >= 11 is 1.75. The van der Waals surface area contributed by atoms with Crippen molar-refractivity contribution < 1.29 is 8.42 Å². The topological polar surface area (TPSA) is 74.0 Å². The van der Waals surface area contributed by atoms with Crippen LogP contribution in [0.4, 0.5) is 0 Å². The highest BCUT2D eigenvalue weighted by Gasteiger charge is 2.42. The second-order valence-electron chi connectivity index (χ2n) is 5.25. The maximum absolute atomic E-state index is 12.2. The molecule has 1 aliphatic carbocycles. The molecule has 3 N–H and O–H groups in total. The molecule has 1 aromatic heterocycles. The number of aromatic amines is 1. The monoisotopic (exact) mass is 317 g/mol. The highest BCUT2D eigenvalue weighted by molar-refractivity contribution is 8.00. The van der Waals surface area contributed by atoms with Crippen LogP contribution in [-0.4, -0.2) is 37.5 Å². The predicted molar refractivity (Wildman–Crippen MR) is 83.5 cm³/mol. The summed E-state index contributed by atoms with van der Waals surface area (Å²) in [6.45, 7) is 4.21. The minimum absolute atomic E-state index is 0.134. The van der Waals surface area contributed by atoms with Gasteiger partial charge in [-0.15, -0.1) is 0 Å². The molecule has 114 valence electrons. The van der Waals surface area contributed by atoms with Gasteiger partial charge in [-0.3, -0.25) is 0 Å². The van der Waals surface area contributed by atoms with Gasteiger partial charge in [0.15, 0.2) is 0 Å². The standard InChI is InChI=1S/C13H23N3O2S2/c1-3-6-14-8-11-7-12(9-15-11)20(17,18)16-10-13(19-2)4-5-13/h7,9,14-16H,3-6,8,10H2,1-2H3. The van der Waals surface area contributed by atoms with Gasteiger partial charge in [-0.05, 0) is 38.1 Å². The fourth-order valence-corrected chi connectivity index (χ4v) is 3.94. The van der Waals surface area contributed by atoms with Crippen LogP contribution in [0.25, 0.3) is 0 Å². The van der Waals surface area contributed by atoms with Crippen molar-refractivity contribution >= 4 is 21.8 Å². The molecule has 5 nitrogen and oxygen atoms in total. The van der Waals surface area contributed by atoms with Crippen molar-refractivity contribution in [3.63, 3.8) is 0 Å². The SMILES string of the molecule is CCCNCc1cc(S(=O)(=O)NCC2(SC)CC2)c[nH]1. The molecule has 1 heterocycles. The van der Waals surface area contributed by atoms with E-state index in [2.05, 4.69) is 21.9 Å². The zero-order valence-corrected chi connectivity index (χ0v) is 13.7. The van der Waals surface area contributed by atoms with Crippen molar-refractivity contribution in [3.05, 3.63) is 18.0 Å². The van der Waals surface area contributed by atoms with Gasteiger partial charge in [-0.2, -0.15) is 11.8 Å². The van der Waals surface area contributed by atoms with Gasteiger partial charge in [-0.1, -0.05) is 6.92 Å².